The Kier molecular flexibility index (Phi) is 8.62. The van der Waals surface area contributed by atoms with Gasteiger partial charge in [0.2, 0.25) is 0 Å². The lowest BCUT2D eigenvalue weighted by Crippen LogP contribution is -2.55. The SMILES string of the molecule is CN=C(NCc1ccccc1OC)N1CCN(C(=O)C2CCCO2)CC1.I. The molecule has 27 heavy (non-hydrogen) atoms. The monoisotopic (exact) mass is 488 g/mol. The second-order valence-electron chi connectivity index (χ2n) is 6.53. The second-order valence-corrected chi connectivity index (χ2v) is 6.53. The van der Waals surface area contributed by atoms with Gasteiger partial charge in [0, 0.05) is 51.9 Å². The highest BCUT2D eigenvalue weighted by molar-refractivity contribution is 14.0. The van der Waals surface area contributed by atoms with Crippen molar-refractivity contribution in [3.63, 3.8) is 0 Å². The molecule has 150 valence electrons. The lowest BCUT2D eigenvalue weighted by molar-refractivity contribution is -0.142. The number of carbonyl (C=O) groups is 1. The van der Waals surface area contributed by atoms with Crippen molar-refractivity contribution in [2.45, 2.75) is 25.5 Å². The molecule has 0 saturated carbocycles. The summed E-state index contributed by atoms with van der Waals surface area (Å²) < 4.78 is 10.9. The Balaban J connectivity index is 0.00000261. The predicted molar refractivity (Wildman–Crippen MR) is 116 cm³/mol. The molecule has 1 N–H and O–H groups in total. The summed E-state index contributed by atoms with van der Waals surface area (Å²) in [6, 6.07) is 7.95. The summed E-state index contributed by atoms with van der Waals surface area (Å²) in [5.74, 6) is 1.85. The van der Waals surface area contributed by atoms with Crippen molar-refractivity contribution in [1.82, 2.24) is 15.1 Å². The zero-order valence-corrected chi connectivity index (χ0v) is 18.3. The molecule has 2 fully saturated rings. The number of piperazine rings is 1. The maximum Gasteiger partial charge on any atom is 0.251 e. The largest absolute Gasteiger partial charge is 0.496 e. The lowest BCUT2D eigenvalue weighted by Gasteiger charge is -2.37. The number of halogens is 1. The Morgan fingerprint density at radius 3 is 2.59 bits per heavy atom. The Labute approximate surface area is 178 Å². The average Bonchev–Trinajstić information content (AvgIpc) is 3.23. The fourth-order valence-corrected chi connectivity index (χ4v) is 3.47. The van der Waals surface area contributed by atoms with Crippen LogP contribution in [-0.4, -0.2) is 74.7 Å². The number of methoxy groups -OCH3 is 1. The van der Waals surface area contributed by atoms with Crippen molar-refractivity contribution in [1.29, 1.82) is 0 Å². The molecule has 0 aromatic heterocycles. The molecule has 2 saturated heterocycles. The van der Waals surface area contributed by atoms with Crippen LogP contribution >= 0.6 is 24.0 Å². The molecule has 8 heteroatoms. The van der Waals surface area contributed by atoms with Crippen LogP contribution < -0.4 is 10.1 Å². The minimum Gasteiger partial charge on any atom is -0.496 e. The second kappa shape index (κ2) is 10.7. The van der Waals surface area contributed by atoms with Crippen LogP contribution in [0.25, 0.3) is 0 Å². The van der Waals surface area contributed by atoms with E-state index in [1.807, 2.05) is 29.2 Å². The van der Waals surface area contributed by atoms with Crippen LogP contribution in [0.4, 0.5) is 0 Å². The number of amides is 1. The number of aliphatic imine (C=N–C) groups is 1. The Morgan fingerprint density at radius 2 is 1.96 bits per heavy atom. The molecule has 1 atom stereocenters. The molecule has 2 aliphatic rings. The van der Waals surface area contributed by atoms with Crippen molar-refractivity contribution in [3.8, 4) is 5.75 Å². The molecule has 1 amide bonds. The van der Waals surface area contributed by atoms with E-state index in [9.17, 15) is 4.79 Å². The number of hydrogen-bond acceptors (Lipinski definition) is 4. The van der Waals surface area contributed by atoms with E-state index in [0.717, 1.165) is 43.2 Å². The Morgan fingerprint density at radius 1 is 1.26 bits per heavy atom. The molecular weight excluding hydrogens is 459 g/mol. The van der Waals surface area contributed by atoms with Crippen LogP contribution in [0.3, 0.4) is 0 Å². The Bertz CT molecular complexity index is 642. The van der Waals surface area contributed by atoms with Crippen molar-refractivity contribution in [2.24, 2.45) is 4.99 Å². The zero-order chi connectivity index (χ0) is 18.4. The predicted octanol–water partition coefficient (Wildman–Crippen LogP) is 1.71. The number of nitrogens with zero attached hydrogens (tertiary/aromatic N) is 3. The van der Waals surface area contributed by atoms with Crippen molar-refractivity contribution >= 4 is 35.8 Å². The molecular formula is C19H29IN4O3. The molecule has 2 heterocycles. The quantitative estimate of drug-likeness (QED) is 0.397. The molecule has 1 aromatic rings. The smallest absolute Gasteiger partial charge is 0.251 e. The van der Waals surface area contributed by atoms with E-state index in [-0.39, 0.29) is 36.0 Å². The van der Waals surface area contributed by atoms with E-state index in [0.29, 0.717) is 26.2 Å². The topological polar surface area (TPSA) is 66.4 Å². The van der Waals surface area contributed by atoms with Crippen molar-refractivity contribution in [2.75, 3.05) is 46.9 Å². The van der Waals surface area contributed by atoms with Crippen LogP contribution in [0.15, 0.2) is 29.3 Å². The fourth-order valence-electron chi connectivity index (χ4n) is 3.47. The summed E-state index contributed by atoms with van der Waals surface area (Å²) in [5, 5.41) is 3.40. The first kappa shape index (κ1) is 21.7. The van der Waals surface area contributed by atoms with Gasteiger partial charge in [0.1, 0.15) is 11.9 Å². The molecule has 0 spiro atoms. The van der Waals surface area contributed by atoms with Gasteiger partial charge < -0.3 is 24.6 Å². The third-order valence-electron chi connectivity index (χ3n) is 4.94. The summed E-state index contributed by atoms with van der Waals surface area (Å²) in [6.45, 7) is 4.29. The molecule has 1 aromatic carbocycles. The van der Waals surface area contributed by atoms with Crippen LogP contribution in [0, 0.1) is 0 Å². The van der Waals surface area contributed by atoms with Gasteiger partial charge >= 0.3 is 0 Å². The standard InChI is InChI=1S/C19H28N4O3.HI/c1-20-19(21-14-15-6-3-4-7-16(15)25-2)23-11-9-22(10-12-23)18(24)17-8-5-13-26-17;/h3-4,6-7,17H,5,8-14H2,1-2H3,(H,20,21);1H. The van der Waals surface area contributed by atoms with Crippen molar-refractivity contribution in [3.05, 3.63) is 29.8 Å². The molecule has 0 aliphatic carbocycles. The molecule has 3 rings (SSSR count). The minimum absolute atomic E-state index is 0. The van der Waals surface area contributed by atoms with E-state index >= 15 is 0 Å². The van der Waals surface area contributed by atoms with Gasteiger partial charge in [0.15, 0.2) is 5.96 Å². The minimum atomic E-state index is -0.232. The summed E-state index contributed by atoms with van der Waals surface area (Å²) >= 11 is 0. The number of ether oxygens (including phenoxy) is 2. The maximum atomic E-state index is 12.5. The van der Waals surface area contributed by atoms with Crippen LogP contribution in [-0.2, 0) is 16.1 Å². The van der Waals surface area contributed by atoms with E-state index in [1.54, 1.807) is 14.2 Å². The lowest BCUT2D eigenvalue weighted by atomic mass is 10.2. The number of hydrogen-bond donors (Lipinski definition) is 1. The van der Waals surface area contributed by atoms with Gasteiger partial charge in [-0.05, 0) is 18.9 Å². The van der Waals surface area contributed by atoms with E-state index in [1.165, 1.54) is 0 Å². The highest BCUT2D eigenvalue weighted by Crippen LogP contribution is 2.18. The number of rotatable bonds is 4. The number of benzene rings is 1. The molecule has 2 aliphatic heterocycles. The first-order valence-electron chi connectivity index (χ1n) is 9.21. The first-order valence-corrected chi connectivity index (χ1v) is 9.21. The van der Waals surface area contributed by atoms with Gasteiger partial charge in [-0.25, -0.2) is 0 Å². The summed E-state index contributed by atoms with van der Waals surface area (Å²) in [5.41, 5.74) is 1.09. The number of para-hydroxylation sites is 1. The highest BCUT2D eigenvalue weighted by atomic mass is 127. The Hall–Kier alpha value is -1.55. The summed E-state index contributed by atoms with van der Waals surface area (Å²) in [6.07, 6.45) is 1.60. The van der Waals surface area contributed by atoms with Gasteiger partial charge in [-0.15, -0.1) is 24.0 Å². The summed E-state index contributed by atoms with van der Waals surface area (Å²) in [7, 11) is 3.46. The third-order valence-corrected chi connectivity index (χ3v) is 4.94. The van der Waals surface area contributed by atoms with E-state index < -0.39 is 0 Å². The summed E-state index contributed by atoms with van der Waals surface area (Å²) in [4.78, 5) is 20.9. The third kappa shape index (κ3) is 5.47. The molecule has 1 unspecified atom stereocenters. The average molecular weight is 488 g/mol. The molecule has 0 bridgehead atoms. The van der Waals surface area contributed by atoms with E-state index in [4.69, 9.17) is 9.47 Å². The van der Waals surface area contributed by atoms with Crippen LogP contribution in [0.5, 0.6) is 5.75 Å². The molecule has 0 radical (unpaired) electrons. The maximum absolute atomic E-state index is 12.5. The zero-order valence-electron chi connectivity index (χ0n) is 16.0. The fraction of sp³-hybridized carbons (Fsp3) is 0.579. The van der Waals surface area contributed by atoms with Gasteiger partial charge in [0.05, 0.1) is 7.11 Å². The molecule has 7 nitrogen and oxygen atoms in total. The highest BCUT2D eigenvalue weighted by Gasteiger charge is 2.30. The van der Waals surface area contributed by atoms with Gasteiger partial charge in [-0.2, -0.15) is 0 Å². The van der Waals surface area contributed by atoms with Gasteiger partial charge in [-0.1, -0.05) is 18.2 Å². The normalized spacial score (nSPS) is 20.2. The van der Waals surface area contributed by atoms with Gasteiger partial charge in [-0.3, -0.25) is 9.79 Å². The number of nitrogens with one attached hydrogen (secondary N) is 1. The van der Waals surface area contributed by atoms with Crippen LogP contribution in [0.1, 0.15) is 18.4 Å². The van der Waals surface area contributed by atoms with E-state index in [2.05, 4.69) is 15.2 Å². The van der Waals surface area contributed by atoms with Crippen LogP contribution in [0.2, 0.25) is 0 Å². The number of guanidine groups is 1. The van der Waals surface area contributed by atoms with Crippen molar-refractivity contribution < 1.29 is 14.3 Å². The number of carbonyl (C=O) groups excluding carboxylic acids is 1. The first-order chi connectivity index (χ1) is 12.7. The van der Waals surface area contributed by atoms with Gasteiger partial charge in [0.25, 0.3) is 5.91 Å².